The summed E-state index contributed by atoms with van der Waals surface area (Å²) in [5.41, 5.74) is 2.79. The van der Waals surface area contributed by atoms with Crippen molar-refractivity contribution in [1.82, 2.24) is 19.6 Å². The van der Waals surface area contributed by atoms with E-state index >= 15 is 0 Å². The highest BCUT2D eigenvalue weighted by Crippen LogP contribution is 2.26. The van der Waals surface area contributed by atoms with Gasteiger partial charge in [0.05, 0.1) is 11.4 Å². The first-order chi connectivity index (χ1) is 15.0. The second-order valence-corrected chi connectivity index (χ2v) is 7.49. The summed E-state index contributed by atoms with van der Waals surface area (Å²) in [6, 6.07) is 17.6. The number of halogens is 1. The molecule has 1 fully saturated rings. The van der Waals surface area contributed by atoms with Crippen molar-refractivity contribution in [3.05, 3.63) is 77.7 Å². The highest BCUT2D eigenvalue weighted by atomic mass is 19.1. The molecule has 0 N–H and O–H groups in total. The number of carbonyl (C=O) groups excluding carboxylic acids is 1. The molecule has 0 saturated carbocycles. The number of nitrogens with zero attached hydrogens (tertiary/aromatic N) is 5. The third-order valence-electron chi connectivity index (χ3n) is 5.32. The van der Waals surface area contributed by atoms with E-state index in [2.05, 4.69) is 16.1 Å². The Kier molecular flexibility index (Phi) is 5.92. The molecule has 0 bridgehead atoms. The molecule has 7 heteroatoms. The smallest absolute Gasteiger partial charge is 0.264 e. The van der Waals surface area contributed by atoms with E-state index in [4.69, 9.17) is 0 Å². The molecular formula is C24H22FN5O. The number of nitriles is 1. The van der Waals surface area contributed by atoms with Crippen molar-refractivity contribution in [3.8, 4) is 23.0 Å². The fourth-order valence-electron chi connectivity index (χ4n) is 3.52. The zero-order chi connectivity index (χ0) is 21.8. The summed E-state index contributed by atoms with van der Waals surface area (Å²) in [6.07, 6.45) is 3.36. The molecule has 1 saturated heterocycles. The average Bonchev–Trinajstić information content (AvgIpc) is 3.22. The second kappa shape index (κ2) is 8.94. The molecule has 0 radical (unpaired) electrons. The Morgan fingerprint density at radius 2 is 1.74 bits per heavy atom. The van der Waals surface area contributed by atoms with Crippen LogP contribution in [0.2, 0.25) is 0 Å². The Balaban J connectivity index is 1.74. The Morgan fingerprint density at radius 1 is 1.06 bits per heavy atom. The van der Waals surface area contributed by atoms with Gasteiger partial charge in [0.1, 0.15) is 17.5 Å². The quantitative estimate of drug-likeness (QED) is 0.484. The van der Waals surface area contributed by atoms with Crippen LogP contribution in [0.4, 0.5) is 4.39 Å². The summed E-state index contributed by atoms with van der Waals surface area (Å²) in [4.78, 5) is 16.8. The van der Waals surface area contributed by atoms with Gasteiger partial charge >= 0.3 is 0 Å². The minimum absolute atomic E-state index is 0.0560. The first kappa shape index (κ1) is 20.5. The summed E-state index contributed by atoms with van der Waals surface area (Å²) in [6.45, 7) is 2.72. The maximum absolute atomic E-state index is 13.4. The fourth-order valence-corrected chi connectivity index (χ4v) is 3.52. The van der Waals surface area contributed by atoms with Gasteiger partial charge in [-0.25, -0.2) is 9.07 Å². The molecule has 0 aliphatic carbocycles. The van der Waals surface area contributed by atoms with Gasteiger partial charge in [-0.1, -0.05) is 18.2 Å². The van der Waals surface area contributed by atoms with Gasteiger partial charge in [0.15, 0.2) is 0 Å². The van der Waals surface area contributed by atoms with Gasteiger partial charge in [0.25, 0.3) is 5.91 Å². The Labute approximate surface area is 180 Å². The van der Waals surface area contributed by atoms with Crippen LogP contribution in [0, 0.1) is 17.1 Å². The van der Waals surface area contributed by atoms with E-state index in [1.54, 1.807) is 34.0 Å². The summed E-state index contributed by atoms with van der Waals surface area (Å²) in [7, 11) is 2.01. The van der Waals surface area contributed by atoms with Crippen molar-refractivity contribution in [1.29, 1.82) is 5.26 Å². The third kappa shape index (κ3) is 4.55. The number of hydrogen-bond donors (Lipinski definition) is 0. The van der Waals surface area contributed by atoms with E-state index in [-0.39, 0.29) is 17.3 Å². The van der Waals surface area contributed by atoms with Crippen molar-refractivity contribution in [3.63, 3.8) is 0 Å². The SMILES string of the molecule is CN1CCN(C(=O)C(C#N)=Cc2cn(-c3ccccc3)nc2-c2ccc(F)cc2)CC1. The molecule has 1 amide bonds. The van der Waals surface area contributed by atoms with E-state index in [1.807, 2.05) is 37.4 Å². The first-order valence-electron chi connectivity index (χ1n) is 10.1. The number of amides is 1. The highest BCUT2D eigenvalue weighted by molar-refractivity contribution is 6.02. The number of hydrogen-bond acceptors (Lipinski definition) is 4. The van der Waals surface area contributed by atoms with Crippen molar-refractivity contribution >= 4 is 12.0 Å². The van der Waals surface area contributed by atoms with Gasteiger partial charge in [-0.05, 0) is 49.5 Å². The van der Waals surface area contributed by atoms with Crippen LogP contribution >= 0.6 is 0 Å². The van der Waals surface area contributed by atoms with Crippen molar-refractivity contribution < 1.29 is 9.18 Å². The number of rotatable bonds is 4. The van der Waals surface area contributed by atoms with Crippen LogP contribution in [-0.2, 0) is 4.79 Å². The second-order valence-electron chi connectivity index (χ2n) is 7.49. The van der Waals surface area contributed by atoms with E-state index in [9.17, 15) is 14.4 Å². The average molecular weight is 415 g/mol. The van der Waals surface area contributed by atoms with Crippen LogP contribution in [0.3, 0.4) is 0 Å². The molecule has 0 atom stereocenters. The number of benzene rings is 2. The Hall–Kier alpha value is -3.76. The molecule has 0 unspecified atom stereocenters. The molecule has 0 spiro atoms. The minimum Gasteiger partial charge on any atom is -0.335 e. The van der Waals surface area contributed by atoms with Gasteiger partial charge in [-0.15, -0.1) is 0 Å². The van der Waals surface area contributed by atoms with Crippen molar-refractivity contribution in [2.75, 3.05) is 33.2 Å². The van der Waals surface area contributed by atoms with Gasteiger partial charge in [-0.2, -0.15) is 10.4 Å². The standard InChI is InChI=1S/C24H22FN5O/c1-28-11-13-29(14-12-28)24(31)19(16-26)15-20-17-30(22-5-3-2-4-6-22)27-23(20)18-7-9-21(25)10-8-18/h2-10,15,17H,11-14H2,1H3. The zero-order valence-corrected chi connectivity index (χ0v) is 17.2. The molecule has 1 aliphatic rings. The monoisotopic (exact) mass is 415 g/mol. The molecule has 156 valence electrons. The predicted molar refractivity (Wildman–Crippen MR) is 117 cm³/mol. The number of piperazine rings is 1. The van der Waals surface area contributed by atoms with E-state index in [1.165, 1.54) is 12.1 Å². The number of aromatic nitrogens is 2. The first-order valence-corrected chi connectivity index (χ1v) is 10.1. The van der Waals surface area contributed by atoms with Crippen LogP contribution < -0.4 is 0 Å². The number of carbonyl (C=O) groups is 1. The van der Waals surface area contributed by atoms with Gasteiger partial charge < -0.3 is 9.80 Å². The van der Waals surface area contributed by atoms with Crippen LogP contribution in [0.25, 0.3) is 23.0 Å². The maximum Gasteiger partial charge on any atom is 0.264 e. The lowest BCUT2D eigenvalue weighted by Gasteiger charge is -2.32. The highest BCUT2D eigenvalue weighted by Gasteiger charge is 2.23. The summed E-state index contributed by atoms with van der Waals surface area (Å²) < 4.78 is 15.1. The molecular weight excluding hydrogens is 393 g/mol. The molecule has 4 rings (SSSR count). The lowest BCUT2D eigenvalue weighted by Crippen LogP contribution is -2.47. The number of likely N-dealkylation sites (N-methyl/N-ethyl adjacent to an activating group) is 1. The molecule has 1 aliphatic heterocycles. The normalized spacial score (nSPS) is 15.0. The van der Waals surface area contributed by atoms with E-state index < -0.39 is 0 Å². The maximum atomic E-state index is 13.4. The fraction of sp³-hybridized carbons (Fsp3) is 0.208. The van der Waals surface area contributed by atoms with Crippen LogP contribution in [0.15, 0.2) is 66.4 Å². The lowest BCUT2D eigenvalue weighted by atomic mass is 10.1. The third-order valence-corrected chi connectivity index (χ3v) is 5.32. The van der Waals surface area contributed by atoms with Gasteiger partial charge in [-0.3, -0.25) is 4.79 Å². The number of para-hydroxylation sites is 1. The molecule has 1 aromatic heterocycles. The molecule has 31 heavy (non-hydrogen) atoms. The minimum atomic E-state index is -0.341. The van der Waals surface area contributed by atoms with Gasteiger partial charge in [0.2, 0.25) is 0 Å². The molecule has 3 aromatic rings. The summed E-state index contributed by atoms with van der Waals surface area (Å²) >= 11 is 0. The van der Waals surface area contributed by atoms with Crippen molar-refractivity contribution in [2.24, 2.45) is 0 Å². The van der Waals surface area contributed by atoms with Crippen LogP contribution in [0.1, 0.15) is 5.56 Å². The molecule has 6 nitrogen and oxygen atoms in total. The lowest BCUT2D eigenvalue weighted by molar-refractivity contribution is -0.128. The topological polar surface area (TPSA) is 65.2 Å². The Morgan fingerprint density at radius 3 is 2.39 bits per heavy atom. The van der Waals surface area contributed by atoms with E-state index in [0.29, 0.717) is 29.9 Å². The summed E-state index contributed by atoms with van der Waals surface area (Å²) in [5, 5.41) is 14.4. The van der Waals surface area contributed by atoms with Crippen LogP contribution in [0.5, 0.6) is 0 Å². The van der Waals surface area contributed by atoms with Crippen LogP contribution in [-0.4, -0.2) is 58.7 Å². The largest absolute Gasteiger partial charge is 0.335 e. The molecule has 2 heterocycles. The zero-order valence-electron chi connectivity index (χ0n) is 17.2. The van der Waals surface area contributed by atoms with Gasteiger partial charge in [0, 0.05) is 43.5 Å². The molecule has 2 aromatic carbocycles. The summed E-state index contributed by atoms with van der Waals surface area (Å²) in [5.74, 6) is -0.626. The van der Waals surface area contributed by atoms with E-state index in [0.717, 1.165) is 18.8 Å². The van der Waals surface area contributed by atoms with Crippen molar-refractivity contribution in [2.45, 2.75) is 0 Å². The predicted octanol–water partition coefficient (Wildman–Crippen LogP) is 3.36. The Bertz CT molecular complexity index is 1140.